The Hall–Kier alpha value is -2.13. The lowest BCUT2D eigenvalue weighted by molar-refractivity contribution is -0.119. The highest BCUT2D eigenvalue weighted by atomic mass is 35.5. The van der Waals surface area contributed by atoms with Gasteiger partial charge in [-0.25, -0.2) is 8.42 Å². The minimum Gasteiger partial charge on any atom is -0.354 e. The van der Waals surface area contributed by atoms with Gasteiger partial charge in [-0.2, -0.15) is 0 Å². The van der Waals surface area contributed by atoms with Crippen LogP contribution in [0.5, 0.6) is 0 Å². The summed E-state index contributed by atoms with van der Waals surface area (Å²) in [6.07, 6.45) is 0.824. The van der Waals surface area contributed by atoms with Crippen LogP contribution in [0.3, 0.4) is 0 Å². The van der Waals surface area contributed by atoms with Gasteiger partial charge < -0.3 is 15.1 Å². The van der Waals surface area contributed by atoms with E-state index in [0.29, 0.717) is 17.3 Å². The third kappa shape index (κ3) is 6.67. The number of carbonyl (C=O) groups is 1. The van der Waals surface area contributed by atoms with E-state index in [9.17, 15) is 13.2 Å². The van der Waals surface area contributed by atoms with Crippen LogP contribution in [0.15, 0.2) is 59.5 Å². The van der Waals surface area contributed by atoms with Crippen LogP contribution in [0.1, 0.15) is 6.42 Å². The minimum absolute atomic E-state index is 0.0867. The zero-order valence-corrected chi connectivity index (χ0v) is 19.3. The molecule has 3 rings (SSSR count). The molecular formula is C22H29ClN4O3S. The van der Waals surface area contributed by atoms with Crippen LogP contribution in [0, 0.1) is 0 Å². The van der Waals surface area contributed by atoms with Crippen LogP contribution < -0.4 is 9.62 Å². The number of amides is 1. The molecule has 1 fully saturated rings. The van der Waals surface area contributed by atoms with E-state index in [1.165, 1.54) is 24.3 Å². The Morgan fingerprint density at radius 2 is 1.68 bits per heavy atom. The molecule has 31 heavy (non-hydrogen) atoms. The lowest BCUT2D eigenvalue weighted by atomic mass is 10.3. The summed E-state index contributed by atoms with van der Waals surface area (Å²) in [4.78, 5) is 17.4. The minimum atomic E-state index is -3.92. The van der Waals surface area contributed by atoms with Crippen molar-refractivity contribution in [1.29, 1.82) is 0 Å². The van der Waals surface area contributed by atoms with E-state index in [2.05, 4.69) is 22.2 Å². The SMILES string of the molecule is CN1CCN(CCCNC(=O)CN(c2ccccc2)S(=O)(=O)c2ccc(Cl)cc2)CC1. The number of halogens is 1. The molecule has 0 atom stereocenters. The van der Waals surface area contributed by atoms with Gasteiger partial charge in [0.25, 0.3) is 10.0 Å². The van der Waals surface area contributed by atoms with Crippen LogP contribution in [0.4, 0.5) is 5.69 Å². The Morgan fingerprint density at radius 1 is 1.03 bits per heavy atom. The first-order chi connectivity index (χ1) is 14.9. The molecule has 1 aliphatic rings. The smallest absolute Gasteiger partial charge is 0.264 e. The molecule has 0 unspecified atom stereocenters. The van der Waals surface area contributed by atoms with Crippen LogP contribution in [-0.2, 0) is 14.8 Å². The first-order valence-corrected chi connectivity index (χ1v) is 12.2. The van der Waals surface area contributed by atoms with E-state index >= 15 is 0 Å². The van der Waals surface area contributed by atoms with E-state index < -0.39 is 10.0 Å². The Bertz CT molecular complexity index is 946. The quantitative estimate of drug-likeness (QED) is 0.576. The molecule has 2 aromatic carbocycles. The summed E-state index contributed by atoms with van der Waals surface area (Å²) >= 11 is 5.90. The fraction of sp³-hybridized carbons (Fsp3) is 0.409. The summed E-state index contributed by atoms with van der Waals surface area (Å²) in [5, 5.41) is 3.31. The van der Waals surface area contributed by atoms with E-state index in [1.807, 2.05) is 0 Å². The number of benzene rings is 2. The summed E-state index contributed by atoms with van der Waals surface area (Å²) in [6, 6.07) is 14.6. The van der Waals surface area contributed by atoms with Crippen molar-refractivity contribution in [3.8, 4) is 0 Å². The van der Waals surface area contributed by atoms with Crippen LogP contribution in [0.25, 0.3) is 0 Å². The number of nitrogens with zero attached hydrogens (tertiary/aromatic N) is 3. The maximum Gasteiger partial charge on any atom is 0.264 e. The molecule has 0 aromatic heterocycles. The van der Waals surface area contributed by atoms with Crippen molar-refractivity contribution in [1.82, 2.24) is 15.1 Å². The van der Waals surface area contributed by atoms with Gasteiger partial charge in [-0.05, 0) is 56.4 Å². The molecule has 1 saturated heterocycles. The first kappa shape index (κ1) is 23.5. The summed E-state index contributed by atoms with van der Waals surface area (Å²) in [7, 11) is -1.80. The van der Waals surface area contributed by atoms with Crippen molar-refractivity contribution >= 4 is 33.2 Å². The van der Waals surface area contributed by atoms with Gasteiger partial charge in [0.1, 0.15) is 6.54 Å². The maximum absolute atomic E-state index is 13.2. The molecule has 168 valence electrons. The average molecular weight is 465 g/mol. The van der Waals surface area contributed by atoms with Gasteiger partial charge in [-0.3, -0.25) is 9.10 Å². The highest BCUT2D eigenvalue weighted by Crippen LogP contribution is 2.24. The summed E-state index contributed by atoms with van der Waals surface area (Å²) in [5.41, 5.74) is 0.435. The van der Waals surface area contributed by atoms with Crippen molar-refractivity contribution < 1.29 is 13.2 Å². The maximum atomic E-state index is 13.2. The molecule has 0 bridgehead atoms. The second-order valence-electron chi connectivity index (χ2n) is 7.65. The molecule has 1 N–H and O–H groups in total. The van der Waals surface area contributed by atoms with Gasteiger partial charge in [0.05, 0.1) is 10.6 Å². The van der Waals surface area contributed by atoms with E-state index in [1.54, 1.807) is 30.3 Å². The lowest BCUT2D eigenvalue weighted by Gasteiger charge is -2.32. The molecule has 1 aliphatic heterocycles. The summed E-state index contributed by atoms with van der Waals surface area (Å²) in [6.45, 7) is 5.32. The Balaban J connectivity index is 1.61. The molecule has 1 amide bonds. The normalized spacial score (nSPS) is 15.5. The largest absolute Gasteiger partial charge is 0.354 e. The Morgan fingerprint density at radius 3 is 2.32 bits per heavy atom. The molecule has 0 aliphatic carbocycles. The van der Waals surface area contributed by atoms with E-state index in [-0.39, 0.29) is 17.3 Å². The van der Waals surface area contributed by atoms with Gasteiger partial charge in [0.15, 0.2) is 0 Å². The average Bonchev–Trinajstić information content (AvgIpc) is 2.77. The van der Waals surface area contributed by atoms with E-state index in [4.69, 9.17) is 11.6 Å². The molecule has 0 spiro atoms. The van der Waals surface area contributed by atoms with Crippen LogP contribution in [0.2, 0.25) is 5.02 Å². The third-order valence-electron chi connectivity index (χ3n) is 5.30. The van der Waals surface area contributed by atoms with Crippen LogP contribution >= 0.6 is 11.6 Å². The van der Waals surface area contributed by atoms with Crippen molar-refractivity contribution in [2.45, 2.75) is 11.3 Å². The van der Waals surface area contributed by atoms with Crippen molar-refractivity contribution in [3.63, 3.8) is 0 Å². The van der Waals surface area contributed by atoms with Gasteiger partial charge in [-0.15, -0.1) is 0 Å². The second-order valence-corrected chi connectivity index (χ2v) is 9.95. The monoisotopic (exact) mass is 464 g/mol. The fourth-order valence-electron chi connectivity index (χ4n) is 3.43. The number of sulfonamides is 1. The van der Waals surface area contributed by atoms with Gasteiger partial charge >= 0.3 is 0 Å². The number of carbonyl (C=O) groups excluding carboxylic acids is 1. The molecule has 2 aromatic rings. The Kier molecular flexibility index (Phi) is 8.31. The number of anilines is 1. The number of likely N-dealkylation sites (N-methyl/N-ethyl adjacent to an activating group) is 1. The van der Waals surface area contributed by atoms with Gasteiger partial charge in [0.2, 0.25) is 5.91 Å². The van der Waals surface area contributed by atoms with E-state index in [0.717, 1.165) is 43.4 Å². The number of para-hydroxylation sites is 1. The van der Waals surface area contributed by atoms with Crippen molar-refractivity contribution in [3.05, 3.63) is 59.6 Å². The number of rotatable bonds is 9. The second kappa shape index (κ2) is 10.9. The van der Waals surface area contributed by atoms with Crippen LogP contribution in [-0.4, -0.2) is 77.0 Å². The zero-order chi connectivity index (χ0) is 22.3. The van der Waals surface area contributed by atoms with Gasteiger partial charge in [0, 0.05) is 37.7 Å². The highest BCUT2D eigenvalue weighted by Gasteiger charge is 2.27. The third-order valence-corrected chi connectivity index (χ3v) is 7.34. The number of nitrogens with one attached hydrogen (secondary N) is 1. The predicted molar refractivity (Wildman–Crippen MR) is 124 cm³/mol. The standard InChI is InChI=1S/C22H29ClN4O3S/c1-25-14-16-26(17-15-25)13-5-12-24-22(28)18-27(20-6-3-2-4-7-20)31(29,30)21-10-8-19(23)9-11-21/h2-4,6-11H,5,12-18H2,1H3,(H,24,28). The number of hydrogen-bond acceptors (Lipinski definition) is 5. The van der Waals surface area contributed by atoms with Crippen molar-refractivity contribution in [2.75, 3.05) is 57.2 Å². The zero-order valence-electron chi connectivity index (χ0n) is 17.7. The molecule has 0 radical (unpaired) electrons. The topological polar surface area (TPSA) is 73.0 Å². The molecule has 9 heteroatoms. The Labute approximate surface area is 189 Å². The van der Waals surface area contributed by atoms with Crippen molar-refractivity contribution in [2.24, 2.45) is 0 Å². The highest BCUT2D eigenvalue weighted by molar-refractivity contribution is 7.92. The lowest BCUT2D eigenvalue weighted by Crippen LogP contribution is -2.45. The summed E-state index contributed by atoms with van der Waals surface area (Å²) in [5.74, 6) is -0.334. The predicted octanol–water partition coefficient (Wildman–Crippen LogP) is 2.29. The molecule has 7 nitrogen and oxygen atoms in total. The van der Waals surface area contributed by atoms with Gasteiger partial charge in [-0.1, -0.05) is 29.8 Å². The molecular weight excluding hydrogens is 436 g/mol. The molecule has 0 saturated carbocycles. The number of hydrogen-bond donors (Lipinski definition) is 1. The fourth-order valence-corrected chi connectivity index (χ4v) is 4.98. The molecule has 1 heterocycles. The summed E-state index contributed by atoms with van der Waals surface area (Å²) < 4.78 is 27.6. The first-order valence-electron chi connectivity index (χ1n) is 10.4. The number of piperazine rings is 1.